The monoisotopic (exact) mass is 478 g/mol. The number of nitrogens with one attached hydrogen (secondary N) is 2. The molecule has 1 saturated heterocycles. The molecule has 2 N–H and O–H groups in total. The normalized spacial score (nSPS) is 15.3. The van der Waals surface area contributed by atoms with E-state index in [9.17, 15) is 13.2 Å². The molecule has 1 aromatic heterocycles. The number of hydrogen-bond acceptors (Lipinski definition) is 5. The van der Waals surface area contributed by atoms with E-state index in [1.165, 1.54) is 34.3 Å². The highest BCUT2D eigenvalue weighted by Gasteiger charge is 2.26. The average Bonchev–Trinajstić information content (AvgIpc) is 3.16. The van der Waals surface area contributed by atoms with Gasteiger partial charge in [-0.15, -0.1) is 0 Å². The molecule has 3 aromatic rings. The third-order valence-corrected chi connectivity index (χ3v) is 8.22. The number of sulfonamides is 1. The summed E-state index contributed by atoms with van der Waals surface area (Å²) in [5.41, 5.74) is 3.17. The summed E-state index contributed by atoms with van der Waals surface area (Å²) < 4.78 is 27.3. The van der Waals surface area contributed by atoms with Crippen molar-refractivity contribution in [2.24, 2.45) is 0 Å². The van der Waals surface area contributed by atoms with Crippen LogP contribution in [0.4, 0.5) is 5.69 Å². The molecule has 0 spiro atoms. The second kappa shape index (κ2) is 9.20. The van der Waals surface area contributed by atoms with Crippen molar-refractivity contribution in [3.63, 3.8) is 0 Å². The molecule has 31 heavy (non-hydrogen) atoms. The van der Waals surface area contributed by atoms with E-state index in [2.05, 4.69) is 15.3 Å². The highest BCUT2D eigenvalue weighted by Crippen LogP contribution is 2.29. The number of aryl methyl sites for hydroxylation is 1. The quantitative estimate of drug-likeness (QED) is 0.511. The van der Waals surface area contributed by atoms with E-state index in [-0.39, 0.29) is 27.3 Å². The lowest BCUT2D eigenvalue weighted by molar-refractivity contribution is -0.113. The van der Waals surface area contributed by atoms with Crippen molar-refractivity contribution in [3.05, 3.63) is 47.0 Å². The summed E-state index contributed by atoms with van der Waals surface area (Å²) in [4.78, 5) is 20.3. The molecule has 0 saturated carbocycles. The van der Waals surface area contributed by atoms with E-state index in [0.717, 1.165) is 35.9 Å². The van der Waals surface area contributed by atoms with Gasteiger partial charge in [0.1, 0.15) is 0 Å². The molecule has 1 amide bonds. The Morgan fingerprint density at radius 2 is 1.97 bits per heavy atom. The molecule has 0 aliphatic carbocycles. The molecule has 10 heteroatoms. The number of hydrogen-bond donors (Lipinski definition) is 2. The molecule has 0 radical (unpaired) electrons. The summed E-state index contributed by atoms with van der Waals surface area (Å²) in [6, 6.07) is 10.3. The van der Waals surface area contributed by atoms with Gasteiger partial charge < -0.3 is 10.3 Å². The van der Waals surface area contributed by atoms with Gasteiger partial charge in [0.15, 0.2) is 5.16 Å². The molecule has 2 aromatic carbocycles. The Labute approximate surface area is 190 Å². The number of piperidine rings is 1. The highest BCUT2D eigenvalue weighted by molar-refractivity contribution is 7.99. The van der Waals surface area contributed by atoms with Gasteiger partial charge >= 0.3 is 0 Å². The number of thioether (sulfide) groups is 1. The molecule has 0 bridgehead atoms. The summed E-state index contributed by atoms with van der Waals surface area (Å²) >= 11 is 7.48. The standard InChI is InChI=1S/C21H23ClN4O3S2/c1-14-5-8-17-19(11-14)25-21(24-17)30-13-20(27)23-18-12-15(6-7-16(18)22)31(28,29)26-9-3-2-4-10-26/h5-8,11-12H,2-4,9-10,13H2,1H3,(H,23,27)(H,24,25). The van der Waals surface area contributed by atoms with Gasteiger partial charge in [-0.05, 0) is 55.7 Å². The number of aromatic amines is 1. The smallest absolute Gasteiger partial charge is 0.243 e. The topological polar surface area (TPSA) is 95.2 Å². The van der Waals surface area contributed by atoms with Crippen molar-refractivity contribution in [2.45, 2.75) is 36.2 Å². The van der Waals surface area contributed by atoms with Crippen LogP contribution in [0.5, 0.6) is 0 Å². The number of carbonyl (C=O) groups is 1. The molecule has 2 heterocycles. The molecule has 1 aliphatic heterocycles. The minimum absolute atomic E-state index is 0.109. The number of rotatable bonds is 6. The Morgan fingerprint density at radius 1 is 1.19 bits per heavy atom. The number of carbonyl (C=O) groups excluding carboxylic acids is 1. The van der Waals surface area contributed by atoms with Gasteiger partial charge in [0.05, 0.1) is 32.4 Å². The predicted octanol–water partition coefficient (Wildman–Crippen LogP) is 4.43. The zero-order chi connectivity index (χ0) is 22.0. The molecular formula is C21H23ClN4O3S2. The van der Waals surface area contributed by atoms with Crippen molar-refractivity contribution in [3.8, 4) is 0 Å². The summed E-state index contributed by atoms with van der Waals surface area (Å²) in [6.07, 6.45) is 2.75. The number of anilines is 1. The first-order chi connectivity index (χ1) is 14.8. The van der Waals surface area contributed by atoms with E-state index in [4.69, 9.17) is 11.6 Å². The predicted molar refractivity (Wildman–Crippen MR) is 124 cm³/mol. The van der Waals surface area contributed by atoms with Gasteiger partial charge in [0, 0.05) is 13.1 Å². The number of halogens is 1. The maximum Gasteiger partial charge on any atom is 0.243 e. The Bertz CT molecular complexity index is 1220. The summed E-state index contributed by atoms with van der Waals surface area (Å²) in [5, 5.41) is 3.65. The van der Waals surface area contributed by atoms with E-state index in [0.29, 0.717) is 18.2 Å². The summed E-state index contributed by atoms with van der Waals surface area (Å²) in [6.45, 7) is 3.03. The van der Waals surface area contributed by atoms with Crippen molar-refractivity contribution in [1.29, 1.82) is 0 Å². The molecule has 1 aliphatic rings. The van der Waals surface area contributed by atoms with Crippen molar-refractivity contribution in [1.82, 2.24) is 14.3 Å². The SMILES string of the molecule is Cc1ccc2nc(SCC(=O)Nc3cc(S(=O)(=O)N4CCCCC4)ccc3Cl)[nH]c2c1. The van der Waals surface area contributed by atoms with Crippen molar-refractivity contribution >= 4 is 56.0 Å². The Kier molecular flexibility index (Phi) is 6.57. The first kappa shape index (κ1) is 22.1. The number of aromatic nitrogens is 2. The van der Waals surface area contributed by atoms with Crippen LogP contribution in [-0.4, -0.2) is 47.4 Å². The van der Waals surface area contributed by atoms with Gasteiger partial charge in [-0.1, -0.05) is 35.9 Å². The van der Waals surface area contributed by atoms with Crippen LogP contribution in [-0.2, 0) is 14.8 Å². The maximum absolute atomic E-state index is 12.9. The zero-order valence-corrected chi connectivity index (χ0v) is 19.4. The Balaban J connectivity index is 1.44. The minimum Gasteiger partial charge on any atom is -0.333 e. The lowest BCUT2D eigenvalue weighted by atomic mass is 10.2. The molecule has 0 unspecified atom stereocenters. The van der Waals surface area contributed by atoms with Crippen LogP contribution in [0.1, 0.15) is 24.8 Å². The third-order valence-electron chi connectivity index (χ3n) is 5.12. The van der Waals surface area contributed by atoms with Gasteiger partial charge in [0.25, 0.3) is 0 Å². The van der Waals surface area contributed by atoms with Crippen LogP contribution in [0.15, 0.2) is 46.5 Å². The molecule has 4 rings (SSSR count). The number of fused-ring (bicyclic) bond motifs is 1. The lowest BCUT2D eigenvalue weighted by Crippen LogP contribution is -2.35. The van der Waals surface area contributed by atoms with E-state index in [1.54, 1.807) is 0 Å². The number of nitrogens with zero attached hydrogens (tertiary/aromatic N) is 2. The number of imidazole rings is 1. The number of amides is 1. The van der Waals surface area contributed by atoms with Crippen LogP contribution < -0.4 is 5.32 Å². The van der Waals surface area contributed by atoms with E-state index >= 15 is 0 Å². The Morgan fingerprint density at radius 3 is 2.74 bits per heavy atom. The Hall–Kier alpha value is -2.07. The second-order valence-electron chi connectivity index (χ2n) is 7.51. The minimum atomic E-state index is -3.61. The third kappa shape index (κ3) is 5.06. The van der Waals surface area contributed by atoms with Crippen LogP contribution in [0, 0.1) is 6.92 Å². The van der Waals surface area contributed by atoms with E-state index < -0.39 is 10.0 Å². The number of H-pyrrole nitrogens is 1. The van der Waals surface area contributed by atoms with Crippen LogP contribution in [0.25, 0.3) is 11.0 Å². The first-order valence-electron chi connectivity index (χ1n) is 10.0. The molecule has 0 atom stereocenters. The van der Waals surface area contributed by atoms with Crippen LogP contribution in [0.3, 0.4) is 0 Å². The van der Waals surface area contributed by atoms with Gasteiger partial charge in [-0.2, -0.15) is 4.31 Å². The average molecular weight is 479 g/mol. The molecular weight excluding hydrogens is 456 g/mol. The van der Waals surface area contributed by atoms with Crippen molar-refractivity contribution in [2.75, 3.05) is 24.2 Å². The first-order valence-corrected chi connectivity index (χ1v) is 12.8. The summed E-state index contributed by atoms with van der Waals surface area (Å²) in [5.74, 6) is -0.186. The van der Waals surface area contributed by atoms with Crippen molar-refractivity contribution < 1.29 is 13.2 Å². The molecule has 1 fully saturated rings. The fraction of sp³-hybridized carbons (Fsp3) is 0.333. The fourth-order valence-electron chi connectivity index (χ4n) is 3.50. The van der Waals surface area contributed by atoms with Gasteiger partial charge in [0.2, 0.25) is 15.9 Å². The van der Waals surface area contributed by atoms with Crippen LogP contribution in [0.2, 0.25) is 5.02 Å². The van der Waals surface area contributed by atoms with E-state index in [1.807, 2.05) is 25.1 Å². The highest BCUT2D eigenvalue weighted by atomic mass is 35.5. The van der Waals surface area contributed by atoms with Gasteiger partial charge in [-0.25, -0.2) is 13.4 Å². The van der Waals surface area contributed by atoms with Crippen LogP contribution >= 0.6 is 23.4 Å². The van der Waals surface area contributed by atoms with Gasteiger partial charge in [-0.3, -0.25) is 4.79 Å². The fourth-order valence-corrected chi connectivity index (χ4v) is 5.90. The lowest BCUT2D eigenvalue weighted by Gasteiger charge is -2.26. The molecule has 164 valence electrons. The second-order valence-corrected chi connectivity index (χ2v) is 10.8. The molecule has 7 nitrogen and oxygen atoms in total. The largest absolute Gasteiger partial charge is 0.333 e. The number of benzene rings is 2. The summed E-state index contributed by atoms with van der Waals surface area (Å²) in [7, 11) is -3.61. The maximum atomic E-state index is 12.9. The zero-order valence-electron chi connectivity index (χ0n) is 17.0.